The van der Waals surface area contributed by atoms with Gasteiger partial charge in [-0.25, -0.2) is 4.79 Å². The maximum atomic E-state index is 13.3. The standard InChI is InChI=1S/C28H32N2O6/c1-5-29(6-2)13-14-30-24(18-7-9-19(10-8-18)28(34)35-4)23(26(32)27(30)33)25(31)20-11-12-22-21(16-20)15-17(3)36-22/h7-12,16-17,24,31H,5-6,13-15H2,1-4H3/t17-,24+/m1/s1. The molecule has 2 aliphatic heterocycles. The molecule has 0 bridgehead atoms. The minimum atomic E-state index is -0.782. The largest absolute Gasteiger partial charge is 0.507 e. The lowest BCUT2D eigenvalue weighted by molar-refractivity contribution is -0.140. The monoisotopic (exact) mass is 492 g/mol. The van der Waals surface area contributed by atoms with Gasteiger partial charge in [-0.3, -0.25) is 9.59 Å². The molecule has 0 aliphatic carbocycles. The van der Waals surface area contributed by atoms with Crippen LogP contribution in [0.3, 0.4) is 0 Å². The second-order valence-electron chi connectivity index (χ2n) is 9.09. The molecule has 0 aromatic heterocycles. The van der Waals surface area contributed by atoms with E-state index in [1.54, 1.807) is 36.4 Å². The van der Waals surface area contributed by atoms with Crippen LogP contribution >= 0.6 is 0 Å². The molecule has 8 heteroatoms. The second kappa shape index (κ2) is 10.5. The Kier molecular flexibility index (Phi) is 7.45. The van der Waals surface area contributed by atoms with Crippen molar-refractivity contribution in [2.45, 2.75) is 39.3 Å². The summed E-state index contributed by atoms with van der Waals surface area (Å²) in [5, 5.41) is 11.4. The summed E-state index contributed by atoms with van der Waals surface area (Å²) in [6.07, 6.45) is 0.740. The third kappa shape index (κ3) is 4.73. The number of hydrogen-bond donors (Lipinski definition) is 1. The fourth-order valence-corrected chi connectivity index (χ4v) is 4.89. The number of ether oxygens (including phenoxy) is 2. The molecule has 4 rings (SSSR count). The first-order chi connectivity index (χ1) is 17.3. The van der Waals surface area contributed by atoms with Gasteiger partial charge in [0.05, 0.1) is 24.3 Å². The number of aliphatic hydroxyl groups excluding tert-OH is 1. The Hall–Kier alpha value is -3.65. The molecule has 0 unspecified atom stereocenters. The highest BCUT2D eigenvalue weighted by molar-refractivity contribution is 6.46. The van der Waals surface area contributed by atoms with Crippen molar-refractivity contribution in [3.8, 4) is 5.75 Å². The number of ketones is 1. The first-order valence-electron chi connectivity index (χ1n) is 12.3. The molecule has 36 heavy (non-hydrogen) atoms. The molecule has 0 saturated carbocycles. The van der Waals surface area contributed by atoms with Crippen molar-refractivity contribution >= 4 is 23.4 Å². The summed E-state index contributed by atoms with van der Waals surface area (Å²) in [6.45, 7) is 8.59. The van der Waals surface area contributed by atoms with Crippen LogP contribution in [0.15, 0.2) is 48.0 Å². The number of nitrogens with zero attached hydrogens (tertiary/aromatic N) is 2. The predicted molar refractivity (Wildman–Crippen MR) is 135 cm³/mol. The lowest BCUT2D eigenvalue weighted by atomic mass is 9.94. The molecule has 2 aromatic carbocycles. The summed E-state index contributed by atoms with van der Waals surface area (Å²) < 4.78 is 10.5. The zero-order chi connectivity index (χ0) is 26.0. The van der Waals surface area contributed by atoms with Crippen LogP contribution < -0.4 is 4.74 Å². The number of Topliss-reactive ketones (excluding diaryl/α,β-unsaturated/α-hetero) is 1. The van der Waals surface area contributed by atoms with Crippen LogP contribution in [0.4, 0.5) is 0 Å². The second-order valence-corrected chi connectivity index (χ2v) is 9.09. The van der Waals surface area contributed by atoms with Crippen LogP contribution in [0.1, 0.15) is 53.9 Å². The Morgan fingerprint density at radius 2 is 1.78 bits per heavy atom. The number of aliphatic hydroxyl groups is 1. The Morgan fingerprint density at radius 3 is 2.42 bits per heavy atom. The zero-order valence-electron chi connectivity index (χ0n) is 21.1. The normalized spacial score (nSPS) is 20.5. The number of hydrogen-bond acceptors (Lipinski definition) is 7. The van der Waals surface area contributed by atoms with Crippen molar-refractivity contribution in [3.05, 3.63) is 70.3 Å². The van der Waals surface area contributed by atoms with Crippen LogP contribution in [0.5, 0.6) is 5.75 Å². The minimum Gasteiger partial charge on any atom is -0.507 e. The number of amides is 1. The van der Waals surface area contributed by atoms with Crippen molar-refractivity contribution in [2.24, 2.45) is 0 Å². The lowest BCUT2D eigenvalue weighted by Crippen LogP contribution is -2.38. The topological polar surface area (TPSA) is 96.4 Å². The maximum Gasteiger partial charge on any atom is 0.337 e. The summed E-state index contributed by atoms with van der Waals surface area (Å²) in [6, 6.07) is 11.1. The number of carbonyl (C=O) groups is 3. The van der Waals surface area contributed by atoms with Gasteiger partial charge in [-0.05, 0) is 61.5 Å². The number of methoxy groups -OCH3 is 1. The number of likely N-dealkylation sites (tertiary alicyclic amines) is 1. The molecule has 2 heterocycles. The molecule has 1 N–H and O–H groups in total. The summed E-state index contributed by atoms with van der Waals surface area (Å²) in [7, 11) is 1.31. The minimum absolute atomic E-state index is 0.0383. The molecular formula is C28H32N2O6. The van der Waals surface area contributed by atoms with E-state index in [4.69, 9.17) is 9.47 Å². The average Bonchev–Trinajstić information content (AvgIpc) is 3.39. The van der Waals surface area contributed by atoms with Gasteiger partial charge in [0.2, 0.25) is 0 Å². The van der Waals surface area contributed by atoms with E-state index >= 15 is 0 Å². The van der Waals surface area contributed by atoms with Crippen molar-refractivity contribution in [1.29, 1.82) is 0 Å². The van der Waals surface area contributed by atoms with E-state index in [1.165, 1.54) is 12.0 Å². The van der Waals surface area contributed by atoms with Gasteiger partial charge < -0.3 is 24.4 Å². The number of benzene rings is 2. The summed E-state index contributed by atoms with van der Waals surface area (Å²) >= 11 is 0. The molecule has 0 spiro atoms. The van der Waals surface area contributed by atoms with Crippen LogP contribution in [0.2, 0.25) is 0 Å². The molecule has 2 aliphatic rings. The molecule has 2 aromatic rings. The first kappa shape index (κ1) is 25.4. The van der Waals surface area contributed by atoms with E-state index in [0.29, 0.717) is 36.2 Å². The SMILES string of the molecule is CCN(CC)CCN1C(=O)C(=O)C(=C(O)c2ccc3c(c2)C[C@@H](C)O3)[C@@H]1c1ccc(C(=O)OC)cc1. The first-order valence-corrected chi connectivity index (χ1v) is 12.3. The molecule has 0 radical (unpaired) electrons. The smallest absolute Gasteiger partial charge is 0.337 e. The van der Waals surface area contributed by atoms with Gasteiger partial charge in [-0.1, -0.05) is 26.0 Å². The number of carbonyl (C=O) groups excluding carboxylic acids is 3. The van der Waals surface area contributed by atoms with E-state index < -0.39 is 23.7 Å². The summed E-state index contributed by atoms with van der Waals surface area (Å²) in [5.74, 6) is -1.31. The summed E-state index contributed by atoms with van der Waals surface area (Å²) in [5.41, 5.74) is 2.43. The highest BCUT2D eigenvalue weighted by Gasteiger charge is 2.46. The highest BCUT2D eigenvalue weighted by Crippen LogP contribution is 2.40. The van der Waals surface area contributed by atoms with Crippen molar-refractivity contribution in [1.82, 2.24) is 9.80 Å². The van der Waals surface area contributed by atoms with E-state index in [1.807, 2.05) is 26.8 Å². The van der Waals surface area contributed by atoms with Gasteiger partial charge >= 0.3 is 5.97 Å². The highest BCUT2D eigenvalue weighted by atomic mass is 16.5. The van der Waals surface area contributed by atoms with Crippen molar-refractivity contribution in [2.75, 3.05) is 33.3 Å². The third-order valence-electron chi connectivity index (χ3n) is 6.91. The molecule has 1 saturated heterocycles. The Balaban J connectivity index is 1.78. The molecule has 1 amide bonds. The maximum absolute atomic E-state index is 13.3. The molecule has 190 valence electrons. The van der Waals surface area contributed by atoms with Crippen molar-refractivity contribution in [3.63, 3.8) is 0 Å². The summed E-state index contributed by atoms with van der Waals surface area (Å²) in [4.78, 5) is 42.1. The van der Waals surface area contributed by atoms with E-state index in [0.717, 1.165) is 24.4 Å². The van der Waals surface area contributed by atoms with Crippen molar-refractivity contribution < 1.29 is 29.0 Å². The van der Waals surface area contributed by atoms with Crippen LogP contribution in [-0.2, 0) is 20.7 Å². The molecular weight excluding hydrogens is 460 g/mol. The predicted octanol–water partition coefficient (Wildman–Crippen LogP) is 3.56. The fourth-order valence-electron chi connectivity index (χ4n) is 4.89. The zero-order valence-corrected chi connectivity index (χ0v) is 21.1. The van der Waals surface area contributed by atoms with Gasteiger partial charge in [0.15, 0.2) is 0 Å². The fraction of sp³-hybridized carbons (Fsp3) is 0.393. The lowest BCUT2D eigenvalue weighted by Gasteiger charge is -2.28. The van der Waals surface area contributed by atoms with Gasteiger partial charge in [-0.2, -0.15) is 0 Å². The van der Waals surface area contributed by atoms with Gasteiger partial charge in [-0.15, -0.1) is 0 Å². The number of fused-ring (bicyclic) bond motifs is 1. The van der Waals surface area contributed by atoms with E-state index in [9.17, 15) is 19.5 Å². The molecule has 1 fully saturated rings. The molecule has 8 nitrogen and oxygen atoms in total. The Labute approximate surface area is 211 Å². The number of esters is 1. The van der Waals surface area contributed by atoms with E-state index in [-0.39, 0.29) is 17.4 Å². The van der Waals surface area contributed by atoms with Gasteiger partial charge in [0, 0.05) is 25.1 Å². The van der Waals surface area contributed by atoms with Crippen LogP contribution in [-0.4, -0.2) is 72.0 Å². The van der Waals surface area contributed by atoms with Gasteiger partial charge in [0.25, 0.3) is 11.7 Å². The van der Waals surface area contributed by atoms with E-state index in [2.05, 4.69) is 4.90 Å². The Bertz CT molecular complexity index is 1200. The number of rotatable bonds is 8. The third-order valence-corrected chi connectivity index (χ3v) is 6.91. The number of likely N-dealkylation sites (N-methyl/N-ethyl adjacent to an activating group) is 1. The van der Waals surface area contributed by atoms with Crippen LogP contribution in [0, 0.1) is 0 Å². The Morgan fingerprint density at radius 1 is 1.11 bits per heavy atom. The quantitative estimate of drug-likeness (QED) is 0.261. The van der Waals surface area contributed by atoms with Crippen LogP contribution in [0.25, 0.3) is 5.76 Å². The van der Waals surface area contributed by atoms with Gasteiger partial charge in [0.1, 0.15) is 17.6 Å². The average molecular weight is 493 g/mol. The molecule has 2 atom stereocenters.